The Kier molecular flexibility index (Phi) is 1.80. The summed E-state index contributed by atoms with van der Waals surface area (Å²) in [5, 5.41) is 4.69. The molecule has 18 heavy (non-hydrogen) atoms. The third kappa shape index (κ3) is 0.922. The van der Waals surface area contributed by atoms with Gasteiger partial charge in [0.05, 0.1) is 0 Å². The summed E-state index contributed by atoms with van der Waals surface area (Å²) < 4.78 is 0. The van der Waals surface area contributed by atoms with Crippen molar-refractivity contribution in [3.8, 4) is 0 Å². The van der Waals surface area contributed by atoms with Crippen molar-refractivity contribution < 1.29 is 0 Å². The Morgan fingerprint density at radius 2 is 2.06 bits per heavy atom. The van der Waals surface area contributed by atoms with Crippen LogP contribution in [0.4, 0.5) is 5.69 Å². The summed E-state index contributed by atoms with van der Waals surface area (Å²) in [5.41, 5.74) is 3.68. The number of rotatable bonds is 0. The predicted molar refractivity (Wildman–Crippen MR) is 76.3 cm³/mol. The standard InChI is InChI=1S/C16H20ClN/c1-14(2)10-6-7-16(14)12-8-11(17)4-5-13(12)18-15(16,3)9-10/h4-5,8,10,18H,6-7,9H2,1-3H3/t10-,15-,16+/m1/s1. The zero-order valence-corrected chi connectivity index (χ0v) is 12.1. The van der Waals surface area contributed by atoms with Gasteiger partial charge in [-0.2, -0.15) is 0 Å². The molecule has 0 amide bonds. The zero-order chi connectivity index (χ0) is 12.8. The van der Waals surface area contributed by atoms with E-state index < -0.39 is 0 Å². The van der Waals surface area contributed by atoms with Crippen molar-refractivity contribution in [3.63, 3.8) is 0 Å². The van der Waals surface area contributed by atoms with E-state index in [0.29, 0.717) is 5.41 Å². The van der Waals surface area contributed by atoms with Crippen LogP contribution in [-0.2, 0) is 5.41 Å². The molecule has 3 aliphatic rings. The van der Waals surface area contributed by atoms with Crippen LogP contribution in [0, 0.1) is 11.3 Å². The average molecular weight is 262 g/mol. The minimum atomic E-state index is 0.229. The molecule has 0 aromatic heterocycles. The maximum absolute atomic E-state index is 6.26. The van der Waals surface area contributed by atoms with E-state index in [1.807, 2.05) is 6.07 Å². The first-order chi connectivity index (χ1) is 8.41. The van der Waals surface area contributed by atoms with Gasteiger partial charge < -0.3 is 5.32 Å². The average Bonchev–Trinajstić information content (AvgIpc) is 2.77. The lowest BCUT2D eigenvalue weighted by molar-refractivity contribution is 0.185. The summed E-state index contributed by atoms with van der Waals surface area (Å²) in [7, 11) is 0. The summed E-state index contributed by atoms with van der Waals surface area (Å²) in [5.74, 6) is 0.849. The summed E-state index contributed by atoms with van der Waals surface area (Å²) in [6.45, 7) is 7.35. The fourth-order valence-corrected chi connectivity index (χ4v) is 5.82. The van der Waals surface area contributed by atoms with Crippen molar-refractivity contribution in [3.05, 3.63) is 28.8 Å². The third-order valence-corrected chi connectivity index (χ3v) is 6.67. The summed E-state index contributed by atoms with van der Waals surface area (Å²) in [6.07, 6.45) is 3.98. The lowest BCUT2D eigenvalue weighted by atomic mass is 9.60. The van der Waals surface area contributed by atoms with E-state index in [9.17, 15) is 0 Å². The molecule has 1 aromatic rings. The van der Waals surface area contributed by atoms with Gasteiger partial charge in [-0.1, -0.05) is 25.4 Å². The monoisotopic (exact) mass is 261 g/mol. The van der Waals surface area contributed by atoms with Gasteiger partial charge in [-0.05, 0) is 61.3 Å². The van der Waals surface area contributed by atoms with Crippen LogP contribution in [0.5, 0.6) is 0 Å². The van der Waals surface area contributed by atoms with Crippen LogP contribution in [0.15, 0.2) is 18.2 Å². The van der Waals surface area contributed by atoms with E-state index in [1.54, 1.807) is 0 Å². The van der Waals surface area contributed by atoms with E-state index in [-0.39, 0.29) is 11.0 Å². The highest BCUT2D eigenvalue weighted by molar-refractivity contribution is 6.30. The van der Waals surface area contributed by atoms with Crippen LogP contribution in [0.1, 0.15) is 45.6 Å². The maximum Gasteiger partial charge on any atom is 0.0451 e. The van der Waals surface area contributed by atoms with Crippen molar-refractivity contribution in [1.29, 1.82) is 0 Å². The number of benzene rings is 1. The van der Waals surface area contributed by atoms with Crippen molar-refractivity contribution in [2.75, 3.05) is 5.32 Å². The molecule has 1 spiro atoms. The normalized spacial score (nSPS) is 42.6. The molecule has 4 rings (SSSR count). The fraction of sp³-hybridized carbons (Fsp3) is 0.625. The quantitative estimate of drug-likeness (QED) is 0.720. The smallest absolute Gasteiger partial charge is 0.0451 e. The summed E-state index contributed by atoms with van der Waals surface area (Å²) >= 11 is 6.26. The topological polar surface area (TPSA) is 12.0 Å². The Bertz CT molecular complexity index is 550. The number of anilines is 1. The molecule has 2 aliphatic carbocycles. The van der Waals surface area contributed by atoms with Crippen molar-refractivity contribution in [2.45, 2.75) is 51.0 Å². The van der Waals surface area contributed by atoms with E-state index in [0.717, 1.165) is 10.9 Å². The lowest BCUT2D eigenvalue weighted by Crippen LogP contribution is -2.50. The van der Waals surface area contributed by atoms with Crippen LogP contribution < -0.4 is 5.32 Å². The predicted octanol–water partition coefficient (Wildman–Crippen LogP) is 4.60. The van der Waals surface area contributed by atoms with Gasteiger partial charge in [-0.15, -0.1) is 0 Å². The first-order valence-corrected chi connectivity index (χ1v) is 7.37. The van der Waals surface area contributed by atoms with Crippen LogP contribution in [-0.4, -0.2) is 5.54 Å². The van der Waals surface area contributed by atoms with Gasteiger partial charge in [0, 0.05) is 21.7 Å². The first kappa shape index (κ1) is 11.2. The fourth-order valence-electron chi connectivity index (χ4n) is 5.65. The molecule has 0 radical (unpaired) electrons. The summed E-state index contributed by atoms with van der Waals surface area (Å²) in [4.78, 5) is 0. The Hall–Kier alpha value is -0.690. The molecule has 2 fully saturated rings. The highest BCUT2D eigenvalue weighted by atomic mass is 35.5. The Morgan fingerprint density at radius 3 is 2.78 bits per heavy atom. The van der Waals surface area contributed by atoms with Gasteiger partial charge in [0.15, 0.2) is 0 Å². The number of hydrogen-bond acceptors (Lipinski definition) is 1. The largest absolute Gasteiger partial charge is 0.379 e. The minimum Gasteiger partial charge on any atom is -0.379 e. The second-order valence-electron chi connectivity index (χ2n) is 7.21. The van der Waals surface area contributed by atoms with E-state index in [1.165, 1.54) is 30.5 Å². The van der Waals surface area contributed by atoms with E-state index in [2.05, 4.69) is 38.2 Å². The molecule has 1 heterocycles. The van der Waals surface area contributed by atoms with Gasteiger partial charge in [0.1, 0.15) is 0 Å². The molecule has 0 unspecified atom stereocenters. The minimum absolute atomic E-state index is 0.229. The van der Waals surface area contributed by atoms with Crippen molar-refractivity contribution in [1.82, 2.24) is 0 Å². The second-order valence-corrected chi connectivity index (χ2v) is 7.65. The molecule has 1 aliphatic heterocycles. The van der Waals surface area contributed by atoms with Gasteiger partial charge in [0.25, 0.3) is 0 Å². The molecular formula is C16H20ClN. The second kappa shape index (κ2) is 2.90. The third-order valence-electron chi connectivity index (χ3n) is 6.44. The van der Waals surface area contributed by atoms with Gasteiger partial charge in [0.2, 0.25) is 0 Å². The molecule has 2 heteroatoms. The molecule has 1 aromatic carbocycles. The Balaban J connectivity index is 2.04. The molecular weight excluding hydrogens is 242 g/mol. The Morgan fingerprint density at radius 1 is 1.28 bits per heavy atom. The zero-order valence-electron chi connectivity index (χ0n) is 11.3. The van der Waals surface area contributed by atoms with Gasteiger partial charge in [-0.3, -0.25) is 0 Å². The number of fused-ring (bicyclic) bond motifs is 2. The van der Waals surface area contributed by atoms with Gasteiger partial charge >= 0.3 is 0 Å². The highest BCUT2D eigenvalue weighted by Gasteiger charge is 2.72. The Labute approximate surface area is 114 Å². The van der Waals surface area contributed by atoms with Crippen LogP contribution in [0.3, 0.4) is 0 Å². The van der Waals surface area contributed by atoms with E-state index in [4.69, 9.17) is 11.6 Å². The molecule has 1 N–H and O–H groups in total. The molecule has 3 atom stereocenters. The molecule has 2 bridgehead atoms. The molecule has 96 valence electrons. The number of halogens is 1. The van der Waals surface area contributed by atoms with Gasteiger partial charge in [-0.25, -0.2) is 0 Å². The number of hydrogen-bond donors (Lipinski definition) is 1. The first-order valence-electron chi connectivity index (χ1n) is 6.99. The van der Waals surface area contributed by atoms with E-state index >= 15 is 0 Å². The van der Waals surface area contributed by atoms with Crippen LogP contribution >= 0.6 is 11.6 Å². The van der Waals surface area contributed by atoms with Crippen LogP contribution in [0.2, 0.25) is 5.02 Å². The number of nitrogens with one attached hydrogen (secondary N) is 1. The van der Waals surface area contributed by atoms with Crippen LogP contribution in [0.25, 0.3) is 0 Å². The highest BCUT2D eigenvalue weighted by Crippen LogP contribution is 2.74. The van der Waals surface area contributed by atoms with Crippen molar-refractivity contribution in [2.24, 2.45) is 11.3 Å². The SMILES string of the molecule is CC1(C)[C@@H]2CC[C@]13c1cc(Cl)ccc1N[C@]3(C)C2. The molecule has 0 saturated heterocycles. The molecule has 1 nitrogen and oxygen atoms in total. The summed E-state index contributed by atoms with van der Waals surface area (Å²) in [6, 6.07) is 6.39. The maximum atomic E-state index is 6.26. The molecule has 2 saturated carbocycles. The lowest BCUT2D eigenvalue weighted by Gasteiger charge is -2.44. The van der Waals surface area contributed by atoms with Crippen molar-refractivity contribution >= 4 is 17.3 Å².